The minimum Gasteiger partial charge on any atom is -0.455 e. The number of fused-ring (bicyclic) bond motifs is 5. The Labute approximate surface area is 150 Å². The number of nitrogens with zero attached hydrogens (tertiary/aromatic N) is 2. The van der Waals surface area contributed by atoms with Gasteiger partial charge in [-0.05, 0) is 18.2 Å². The average molecular weight is 369 g/mol. The van der Waals surface area contributed by atoms with Crippen LogP contribution in [0.15, 0.2) is 47.4 Å². The van der Waals surface area contributed by atoms with Gasteiger partial charge in [-0.2, -0.15) is 13.2 Å². The molecule has 3 aromatic heterocycles. The molecule has 1 amide bonds. The molecule has 27 heavy (non-hydrogen) atoms. The highest BCUT2D eigenvalue weighted by molar-refractivity contribution is 6.19. The number of amides is 1. The van der Waals surface area contributed by atoms with Crippen LogP contribution in [0.1, 0.15) is 27.0 Å². The summed E-state index contributed by atoms with van der Waals surface area (Å²) >= 11 is 0. The van der Waals surface area contributed by atoms with Crippen molar-refractivity contribution >= 4 is 22.8 Å². The van der Waals surface area contributed by atoms with Crippen molar-refractivity contribution in [3.05, 3.63) is 65.2 Å². The quantitative estimate of drug-likeness (QED) is 0.508. The molecule has 0 radical (unpaired) electrons. The van der Waals surface area contributed by atoms with Gasteiger partial charge in [0.15, 0.2) is 0 Å². The van der Waals surface area contributed by atoms with Crippen molar-refractivity contribution in [2.75, 3.05) is 5.32 Å². The van der Waals surface area contributed by atoms with Gasteiger partial charge in [-0.15, -0.1) is 0 Å². The molecule has 134 valence electrons. The lowest BCUT2D eigenvalue weighted by molar-refractivity contribution is -0.137. The molecule has 3 heterocycles. The number of halogens is 3. The number of hydrogen-bond acceptors (Lipinski definition) is 4. The summed E-state index contributed by atoms with van der Waals surface area (Å²) in [5, 5.41) is 2.55. The lowest BCUT2D eigenvalue weighted by Gasteiger charge is -2.10. The van der Waals surface area contributed by atoms with Crippen molar-refractivity contribution < 1.29 is 22.4 Å². The second-order valence-corrected chi connectivity index (χ2v) is 6.30. The molecule has 0 saturated carbocycles. The third-order valence-electron chi connectivity index (χ3n) is 4.57. The summed E-state index contributed by atoms with van der Waals surface area (Å²) in [6.07, 6.45) is 0.781. The van der Waals surface area contributed by atoms with Crippen LogP contribution in [-0.4, -0.2) is 15.9 Å². The molecule has 1 aromatic carbocycles. The third-order valence-corrected chi connectivity index (χ3v) is 4.57. The highest BCUT2D eigenvalue weighted by Crippen LogP contribution is 2.50. The zero-order chi connectivity index (χ0) is 18.8. The fraction of sp³-hybridized carbons (Fsp3) is 0.105. The molecular formula is C19H10F3N3O2. The maximum atomic E-state index is 12.9. The lowest BCUT2D eigenvalue weighted by atomic mass is 10.0. The Morgan fingerprint density at radius 1 is 1.11 bits per heavy atom. The number of alkyl halides is 3. The highest BCUT2D eigenvalue weighted by atomic mass is 19.4. The largest absolute Gasteiger partial charge is 0.455 e. The molecule has 1 N–H and O–H groups in total. The third kappa shape index (κ3) is 2.44. The molecule has 0 aliphatic heterocycles. The molecule has 4 aromatic rings. The van der Waals surface area contributed by atoms with Crippen LogP contribution < -0.4 is 5.32 Å². The number of nitrogens with one attached hydrogen (secondary N) is 1. The molecule has 8 heteroatoms. The minimum absolute atomic E-state index is 0.0596. The van der Waals surface area contributed by atoms with E-state index in [-0.39, 0.29) is 5.69 Å². The Kier molecular flexibility index (Phi) is 3.10. The number of anilines is 1. The maximum Gasteiger partial charge on any atom is 0.416 e. The molecule has 0 unspecified atom stereocenters. The van der Waals surface area contributed by atoms with Crippen LogP contribution in [0.5, 0.6) is 0 Å². The second-order valence-electron chi connectivity index (χ2n) is 6.30. The van der Waals surface area contributed by atoms with Gasteiger partial charge in [0.25, 0.3) is 5.91 Å². The summed E-state index contributed by atoms with van der Waals surface area (Å²) in [5.41, 5.74) is 3.84. The Bertz CT molecular complexity index is 1180. The Morgan fingerprint density at radius 2 is 1.85 bits per heavy atom. The first-order valence-electron chi connectivity index (χ1n) is 8.07. The summed E-state index contributed by atoms with van der Waals surface area (Å²) < 4.78 is 44.4. The van der Waals surface area contributed by atoms with Gasteiger partial charge < -0.3 is 9.73 Å². The molecule has 5 nitrogen and oxygen atoms in total. The summed E-state index contributed by atoms with van der Waals surface area (Å²) in [6, 6.07) is 4.51. The summed E-state index contributed by atoms with van der Waals surface area (Å²) in [7, 11) is 0. The average Bonchev–Trinajstić information content (AvgIpc) is 3.26. The van der Waals surface area contributed by atoms with E-state index in [2.05, 4.69) is 15.3 Å². The monoisotopic (exact) mass is 369 g/mol. The first kappa shape index (κ1) is 15.8. The van der Waals surface area contributed by atoms with Gasteiger partial charge in [0, 0.05) is 46.8 Å². The number of carbonyl (C=O) groups excluding carboxylic acids is 1. The topological polar surface area (TPSA) is 68.0 Å². The van der Waals surface area contributed by atoms with Crippen LogP contribution in [0.4, 0.5) is 18.9 Å². The van der Waals surface area contributed by atoms with Crippen molar-refractivity contribution in [2.45, 2.75) is 12.6 Å². The van der Waals surface area contributed by atoms with Crippen LogP contribution >= 0.6 is 0 Å². The normalized spacial score (nSPS) is 13.0. The maximum absolute atomic E-state index is 12.9. The number of furan rings is 2. The van der Waals surface area contributed by atoms with Gasteiger partial charge in [-0.1, -0.05) is 6.07 Å². The van der Waals surface area contributed by atoms with Gasteiger partial charge >= 0.3 is 6.18 Å². The summed E-state index contributed by atoms with van der Waals surface area (Å²) in [4.78, 5) is 20.8. The summed E-state index contributed by atoms with van der Waals surface area (Å²) in [5.74, 6) is -0.531. The van der Waals surface area contributed by atoms with E-state index in [1.54, 1.807) is 12.4 Å². The van der Waals surface area contributed by atoms with Crippen LogP contribution in [0, 0.1) is 0 Å². The van der Waals surface area contributed by atoms with Gasteiger partial charge in [0.1, 0.15) is 17.5 Å². The zero-order valence-corrected chi connectivity index (χ0v) is 13.6. The Hall–Kier alpha value is -3.42. The molecular weight excluding hydrogens is 359 g/mol. The molecule has 0 atom stereocenters. The van der Waals surface area contributed by atoms with Crippen LogP contribution in [0.2, 0.25) is 0 Å². The summed E-state index contributed by atoms with van der Waals surface area (Å²) in [6.45, 7) is 0. The van der Waals surface area contributed by atoms with Crippen molar-refractivity contribution in [2.24, 2.45) is 0 Å². The predicted octanol–water partition coefficient (Wildman–Crippen LogP) is 4.50. The minimum atomic E-state index is -4.49. The van der Waals surface area contributed by atoms with E-state index in [0.717, 1.165) is 29.7 Å². The van der Waals surface area contributed by atoms with Crippen LogP contribution in [0.3, 0.4) is 0 Å². The number of hydrogen-bond donors (Lipinski definition) is 1. The Balaban J connectivity index is 1.55. The number of aromatic nitrogens is 2. The van der Waals surface area contributed by atoms with Gasteiger partial charge in [0.05, 0.1) is 11.1 Å². The first-order chi connectivity index (χ1) is 12.9. The molecule has 1 aliphatic carbocycles. The lowest BCUT2D eigenvalue weighted by Crippen LogP contribution is -2.14. The van der Waals surface area contributed by atoms with E-state index in [1.165, 1.54) is 18.5 Å². The van der Waals surface area contributed by atoms with Crippen LogP contribution in [0.25, 0.3) is 22.3 Å². The van der Waals surface area contributed by atoms with E-state index in [9.17, 15) is 18.0 Å². The molecule has 0 fully saturated rings. The van der Waals surface area contributed by atoms with Gasteiger partial charge in [-0.3, -0.25) is 4.79 Å². The smallest absolute Gasteiger partial charge is 0.416 e. The number of carbonyl (C=O) groups is 1. The molecule has 0 saturated heterocycles. The van der Waals surface area contributed by atoms with Crippen molar-refractivity contribution in [3.8, 4) is 11.1 Å². The van der Waals surface area contributed by atoms with E-state index < -0.39 is 17.6 Å². The standard InChI is InChI=1S/C19H10F3N3O2/c20-19(21,22)10-2-1-3-11(4-10)25-18(26)15-14(9-6-23-8-24-7-9)16-12-5-13(12)17(15)27-16/h1-4,6-8H,5H2,(H,25,26). The van der Waals surface area contributed by atoms with Crippen molar-refractivity contribution in [1.29, 1.82) is 0 Å². The highest BCUT2D eigenvalue weighted by Gasteiger charge is 2.38. The first-order valence-corrected chi connectivity index (χ1v) is 8.07. The van der Waals surface area contributed by atoms with E-state index in [0.29, 0.717) is 27.9 Å². The van der Waals surface area contributed by atoms with Crippen LogP contribution in [-0.2, 0) is 12.6 Å². The fourth-order valence-electron chi connectivity index (χ4n) is 3.31. The Morgan fingerprint density at radius 3 is 2.59 bits per heavy atom. The molecule has 5 rings (SSSR count). The van der Waals surface area contributed by atoms with Crippen molar-refractivity contribution in [3.63, 3.8) is 0 Å². The van der Waals surface area contributed by atoms with E-state index in [1.807, 2.05) is 0 Å². The molecule has 2 bridgehead atoms. The van der Waals surface area contributed by atoms with E-state index >= 15 is 0 Å². The molecule has 0 spiro atoms. The van der Waals surface area contributed by atoms with E-state index in [4.69, 9.17) is 4.42 Å². The predicted molar refractivity (Wildman–Crippen MR) is 90.6 cm³/mol. The number of benzene rings is 2. The zero-order valence-electron chi connectivity index (χ0n) is 13.6. The van der Waals surface area contributed by atoms with Crippen molar-refractivity contribution in [1.82, 2.24) is 9.97 Å². The fourth-order valence-corrected chi connectivity index (χ4v) is 3.31. The number of rotatable bonds is 3. The van der Waals surface area contributed by atoms with Gasteiger partial charge in [0.2, 0.25) is 0 Å². The molecule has 1 aliphatic rings. The van der Waals surface area contributed by atoms with Gasteiger partial charge in [-0.25, -0.2) is 9.97 Å². The SMILES string of the molecule is O=C(Nc1cccc(C(F)(F)F)c1)c1c(-c2cncnc2)c2oc1c1c2C1. The second kappa shape index (κ2) is 5.29.